The highest BCUT2D eigenvalue weighted by atomic mass is 16.7. The van der Waals surface area contributed by atoms with Crippen LogP contribution in [-0.2, 0) is 15.9 Å². The van der Waals surface area contributed by atoms with Gasteiger partial charge in [0.15, 0.2) is 0 Å². The Labute approximate surface area is 218 Å². The van der Waals surface area contributed by atoms with Crippen LogP contribution in [0.4, 0.5) is 5.69 Å². The van der Waals surface area contributed by atoms with Crippen molar-refractivity contribution in [3.63, 3.8) is 0 Å². The Morgan fingerprint density at radius 3 is 2.58 bits per heavy atom. The number of para-hydroxylation sites is 1. The number of H-pyrrole nitrogens is 1. The highest BCUT2D eigenvalue weighted by molar-refractivity contribution is 6.06. The van der Waals surface area contributed by atoms with Crippen LogP contribution in [-0.4, -0.2) is 58.4 Å². The van der Waals surface area contributed by atoms with E-state index in [4.69, 9.17) is 18.6 Å². The second kappa shape index (κ2) is 9.88. The molecule has 38 heavy (non-hydrogen) atoms. The number of benzene rings is 2. The zero-order chi connectivity index (χ0) is 27.2. The van der Waals surface area contributed by atoms with Gasteiger partial charge in [-0.25, -0.2) is 4.79 Å². The molecule has 0 radical (unpaired) electrons. The first-order valence-corrected chi connectivity index (χ1v) is 12.3. The summed E-state index contributed by atoms with van der Waals surface area (Å²) in [6, 6.07) is 14.1. The van der Waals surface area contributed by atoms with Crippen molar-refractivity contribution in [3.05, 3.63) is 70.2 Å². The third-order valence-corrected chi connectivity index (χ3v) is 6.88. The van der Waals surface area contributed by atoms with E-state index in [0.29, 0.717) is 34.4 Å². The SMILES string of the molecule is CCc1c(O[C@@H]2OC(C)(C)[C@H](OC)[C@@H](O)[C@@H]2O)ccc2cc(NC(=O)c3cc4ccccc4[nH]3)c(=O)oc12. The average molecular weight is 523 g/mol. The molecule has 3 heterocycles. The molecule has 10 heteroatoms. The maximum absolute atomic E-state index is 12.8. The monoisotopic (exact) mass is 522 g/mol. The molecule has 0 saturated carbocycles. The molecule has 0 unspecified atom stereocenters. The number of aryl methyl sites for hydroxylation is 1. The lowest BCUT2D eigenvalue weighted by Gasteiger charge is -2.46. The lowest BCUT2D eigenvalue weighted by atomic mass is 9.89. The summed E-state index contributed by atoms with van der Waals surface area (Å²) in [6.07, 6.45) is -4.11. The molecule has 1 aliphatic heterocycles. The number of ether oxygens (including phenoxy) is 3. The largest absolute Gasteiger partial charge is 0.462 e. The standard InChI is InChI=1S/C28H30N2O8/c1-5-16-20(36-27-22(32)21(31)24(35-4)28(2,3)38-27)11-10-15-13-19(26(34)37-23(15)16)30-25(33)18-12-14-8-6-7-9-17(14)29-18/h6-13,21-22,24,27,29,31-32H,5H2,1-4H3,(H,30,33)/t21-,22-,24+,27+/m0/s1. The minimum atomic E-state index is -1.37. The van der Waals surface area contributed by atoms with Crippen LogP contribution in [0.15, 0.2) is 57.7 Å². The molecule has 1 aliphatic rings. The highest BCUT2D eigenvalue weighted by Gasteiger charge is 2.50. The number of hydrogen-bond acceptors (Lipinski definition) is 8. The van der Waals surface area contributed by atoms with E-state index in [0.717, 1.165) is 10.9 Å². The molecule has 1 amide bonds. The minimum absolute atomic E-state index is 0.00149. The number of hydrogen-bond donors (Lipinski definition) is 4. The predicted octanol–water partition coefficient (Wildman–Crippen LogP) is 3.34. The quantitative estimate of drug-likeness (QED) is 0.282. The third-order valence-electron chi connectivity index (χ3n) is 6.88. The number of aromatic amines is 1. The Hall–Kier alpha value is -3.70. The van der Waals surface area contributed by atoms with Gasteiger partial charge in [-0.2, -0.15) is 0 Å². The number of amides is 1. The lowest BCUT2D eigenvalue weighted by molar-refractivity contribution is -0.306. The van der Waals surface area contributed by atoms with Gasteiger partial charge in [0.2, 0.25) is 6.29 Å². The maximum atomic E-state index is 12.8. The van der Waals surface area contributed by atoms with Gasteiger partial charge in [0.25, 0.3) is 5.91 Å². The van der Waals surface area contributed by atoms with Crippen LogP contribution in [0.2, 0.25) is 0 Å². The number of aliphatic hydroxyl groups is 2. The topological polar surface area (TPSA) is 143 Å². The van der Waals surface area contributed by atoms with E-state index >= 15 is 0 Å². The summed E-state index contributed by atoms with van der Waals surface area (Å²) < 4.78 is 22.9. The van der Waals surface area contributed by atoms with Gasteiger partial charge in [-0.1, -0.05) is 25.1 Å². The van der Waals surface area contributed by atoms with E-state index in [9.17, 15) is 19.8 Å². The van der Waals surface area contributed by atoms with E-state index in [2.05, 4.69) is 10.3 Å². The van der Waals surface area contributed by atoms with E-state index in [-0.39, 0.29) is 5.69 Å². The zero-order valence-electron chi connectivity index (χ0n) is 21.5. The Bertz CT molecular complexity index is 1520. The minimum Gasteiger partial charge on any atom is -0.462 e. The first kappa shape index (κ1) is 25.9. The molecule has 4 atom stereocenters. The van der Waals surface area contributed by atoms with E-state index in [1.807, 2.05) is 31.2 Å². The fraction of sp³-hybridized carbons (Fsp3) is 0.357. The molecule has 200 valence electrons. The van der Waals surface area contributed by atoms with Gasteiger partial charge in [-0.15, -0.1) is 0 Å². The number of carbonyl (C=O) groups excluding carboxylic acids is 1. The average Bonchev–Trinajstić information content (AvgIpc) is 3.32. The number of methoxy groups -OCH3 is 1. The summed E-state index contributed by atoms with van der Waals surface area (Å²) in [7, 11) is 1.43. The molecule has 0 aliphatic carbocycles. The third kappa shape index (κ3) is 4.56. The van der Waals surface area contributed by atoms with Gasteiger partial charge in [-0.3, -0.25) is 4.79 Å². The van der Waals surface area contributed by atoms with Crippen molar-refractivity contribution in [1.29, 1.82) is 0 Å². The van der Waals surface area contributed by atoms with Crippen LogP contribution in [0.25, 0.3) is 21.9 Å². The van der Waals surface area contributed by atoms with E-state index in [1.165, 1.54) is 7.11 Å². The van der Waals surface area contributed by atoms with Gasteiger partial charge in [0, 0.05) is 29.0 Å². The summed E-state index contributed by atoms with van der Waals surface area (Å²) in [5.41, 5.74) is 0.329. The van der Waals surface area contributed by atoms with Crippen LogP contribution in [0.5, 0.6) is 5.75 Å². The zero-order valence-corrected chi connectivity index (χ0v) is 21.5. The molecule has 5 rings (SSSR count). The van der Waals surface area contributed by atoms with Crippen LogP contribution >= 0.6 is 0 Å². The summed E-state index contributed by atoms with van der Waals surface area (Å²) in [6.45, 7) is 5.34. The van der Waals surface area contributed by atoms with Crippen LogP contribution < -0.4 is 15.7 Å². The second-order valence-electron chi connectivity index (χ2n) is 9.83. The number of anilines is 1. The van der Waals surface area contributed by atoms with Gasteiger partial charge in [0.1, 0.15) is 41.0 Å². The molecule has 2 aromatic carbocycles. The number of aromatic nitrogens is 1. The molecule has 2 aromatic heterocycles. The smallest absolute Gasteiger partial charge is 0.360 e. The first-order valence-electron chi connectivity index (χ1n) is 12.3. The number of carbonyl (C=O) groups is 1. The van der Waals surface area contributed by atoms with Crippen molar-refractivity contribution in [1.82, 2.24) is 4.98 Å². The Morgan fingerprint density at radius 1 is 1.11 bits per heavy atom. The number of rotatable bonds is 6. The first-order chi connectivity index (χ1) is 18.1. The molecule has 10 nitrogen and oxygen atoms in total. The maximum Gasteiger partial charge on any atom is 0.360 e. The molecule has 4 aromatic rings. The highest BCUT2D eigenvalue weighted by Crippen LogP contribution is 2.35. The number of nitrogens with one attached hydrogen (secondary N) is 2. The van der Waals surface area contributed by atoms with E-state index in [1.54, 1.807) is 38.1 Å². The lowest BCUT2D eigenvalue weighted by Crippen LogP contribution is -2.63. The molecular weight excluding hydrogens is 492 g/mol. The van der Waals surface area contributed by atoms with Crippen molar-refractivity contribution in [2.24, 2.45) is 0 Å². The van der Waals surface area contributed by atoms with E-state index < -0.39 is 41.7 Å². The number of fused-ring (bicyclic) bond motifs is 2. The fourth-order valence-corrected chi connectivity index (χ4v) is 4.97. The Kier molecular flexibility index (Phi) is 6.74. The van der Waals surface area contributed by atoms with Gasteiger partial charge < -0.3 is 39.1 Å². The van der Waals surface area contributed by atoms with Crippen molar-refractivity contribution >= 4 is 33.5 Å². The van der Waals surface area contributed by atoms with Crippen molar-refractivity contribution < 1.29 is 33.6 Å². The normalized spacial score (nSPS) is 23.0. The summed E-state index contributed by atoms with van der Waals surface area (Å²) in [5, 5.41) is 25.2. The van der Waals surface area contributed by atoms with Crippen LogP contribution in [0, 0.1) is 0 Å². The van der Waals surface area contributed by atoms with Gasteiger partial charge in [0.05, 0.1) is 5.60 Å². The summed E-state index contributed by atoms with van der Waals surface area (Å²) >= 11 is 0. The molecule has 0 spiro atoms. The summed E-state index contributed by atoms with van der Waals surface area (Å²) in [4.78, 5) is 28.7. The molecule has 4 N–H and O–H groups in total. The van der Waals surface area contributed by atoms with Crippen molar-refractivity contribution in [2.45, 2.75) is 57.4 Å². The Balaban J connectivity index is 1.43. The number of aliphatic hydroxyl groups excluding tert-OH is 2. The summed E-state index contributed by atoms with van der Waals surface area (Å²) in [5.74, 6) is -0.136. The predicted molar refractivity (Wildman–Crippen MR) is 141 cm³/mol. The van der Waals surface area contributed by atoms with Crippen LogP contribution in [0.3, 0.4) is 0 Å². The second-order valence-corrected chi connectivity index (χ2v) is 9.83. The van der Waals surface area contributed by atoms with Crippen LogP contribution in [0.1, 0.15) is 36.8 Å². The molecule has 0 bridgehead atoms. The van der Waals surface area contributed by atoms with Crippen molar-refractivity contribution in [2.75, 3.05) is 12.4 Å². The van der Waals surface area contributed by atoms with Gasteiger partial charge in [-0.05, 0) is 50.6 Å². The molecule has 1 fully saturated rings. The van der Waals surface area contributed by atoms with Crippen molar-refractivity contribution in [3.8, 4) is 5.75 Å². The fourth-order valence-electron chi connectivity index (χ4n) is 4.97. The molecular formula is C28H30N2O8. The Morgan fingerprint density at radius 2 is 1.87 bits per heavy atom. The van der Waals surface area contributed by atoms with Gasteiger partial charge >= 0.3 is 5.63 Å². The molecule has 1 saturated heterocycles.